The molecule has 1 aromatic carbocycles. The van der Waals surface area contributed by atoms with Crippen molar-refractivity contribution in [3.8, 4) is 0 Å². The van der Waals surface area contributed by atoms with E-state index in [1.165, 1.54) is 0 Å². The first kappa shape index (κ1) is 14.3. The van der Waals surface area contributed by atoms with Gasteiger partial charge in [0.05, 0.1) is 0 Å². The summed E-state index contributed by atoms with van der Waals surface area (Å²) in [5.41, 5.74) is 3.51. The molecule has 2 aromatic rings. The van der Waals surface area contributed by atoms with Crippen LogP contribution in [0.25, 0.3) is 0 Å². The van der Waals surface area contributed by atoms with Gasteiger partial charge in [-0.25, -0.2) is 4.98 Å². The average molecular weight is 295 g/mol. The zero-order chi connectivity index (χ0) is 15.7. The second-order valence-electron chi connectivity index (χ2n) is 5.47. The highest BCUT2D eigenvalue weighted by Crippen LogP contribution is 2.27. The van der Waals surface area contributed by atoms with E-state index in [4.69, 9.17) is 0 Å². The Hall–Kier alpha value is -2.69. The SMILES string of the molecule is Cc1ccnc(NC(=O)c2ccc3c(c2)CCC(=O)N3C)c1. The molecule has 0 fully saturated rings. The summed E-state index contributed by atoms with van der Waals surface area (Å²) in [4.78, 5) is 29.8. The number of fused-ring (bicyclic) bond motifs is 1. The molecule has 5 nitrogen and oxygen atoms in total. The van der Waals surface area contributed by atoms with Gasteiger partial charge in [0.25, 0.3) is 5.91 Å². The molecule has 1 aliphatic rings. The molecule has 2 heterocycles. The molecule has 0 radical (unpaired) electrons. The smallest absolute Gasteiger partial charge is 0.256 e. The number of aryl methyl sites for hydroxylation is 2. The normalized spacial score (nSPS) is 13.7. The summed E-state index contributed by atoms with van der Waals surface area (Å²) in [5, 5.41) is 2.80. The Balaban J connectivity index is 1.83. The van der Waals surface area contributed by atoms with Crippen LogP contribution in [0.2, 0.25) is 0 Å². The molecule has 3 rings (SSSR count). The maximum atomic E-state index is 12.3. The Morgan fingerprint density at radius 3 is 2.82 bits per heavy atom. The minimum absolute atomic E-state index is 0.105. The molecule has 0 saturated heterocycles. The third kappa shape index (κ3) is 2.70. The molecule has 5 heteroatoms. The zero-order valence-corrected chi connectivity index (χ0v) is 12.6. The summed E-state index contributed by atoms with van der Waals surface area (Å²) in [7, 11) is 1.76. The van der Waals surface area contributed by atoms with Gasteiger partial charge in [-0.1, -0.05) is 0 Å². The van der Waals surface area contributed by atoms with Gasteiger partial charge in [0.1, 0.15) is 5.82 Å². The van der Waals surface area contributed by atoms with Crippen molar-refractivity contribution in [3.05, 3.63) is 53.2 Å². The van der Waals surface area contributed by atoms with Crippen molar-refractivity contribution >= 4 is 23.3 Å². The van der Waals surface area contributed by atoms with Crippen LogP contribution in [-0.2, 0) is 11.2 Å². The highest BCUT2D eigenvalue weighted by Gasteiger charge is 2.21. The minimum Gasteiger partial charge on any atom is -0.315 e. The summed E-state index contributed by atoms with van der Waals surface area (Å²) in [6.45, 7) is 1.95. The number of amides is 2. The number of aromatic nitrogens is 1. The van der Waals surface area contributed by atoms with Crippen LogP contribution in [0.1, 0.15) is 27.9 Å². The fraction of sp³-hybridized carbons (Fsp3) is 0.235. The topological polar surface area (TPSA) is 62.3 Å². The van der Waals surface area contributed by atoms with Crippen molar-refractivity contribution in [3.63, 3.8) is 0 Å². The second-order valence-corrected chi connectivity index (χ2v) is 5.47. The van der Waals surface area contributed by atoms with Crippen LogP contribution in [0, 0.1) is 6.92 Å². The van der Waals surface area contributed by atoms with Crippen LogP contribution in [0.3, 0.4) is 0 Å². The summed E-state index contributed by atoms with van der Waals surface area (Å²) in [6.07, 6.45) is 2.81. The Morgan fingerprint density at radius 2 is 2.05 bits per heavy atom. The lowest BCUT2D eigenvalue weighted by Crippen LogP contribution is -2.31. The monoisotopic (exact) mass is 295 g/mol. The number of hydrogen-bond donors (Lipinski definition) is 1. The summed E-state index contributed by atoms with van der Waals surface area (Å²) >= 11 is 0. The lowest BCUT2D eigenvalue weighted by molar-refractivity contribution is -0.118. The molecular formula is C17H17N3O2. The number of hydrogen-bond acceptors (Lipinski definition) is 3. The zero-order valence-electron chi connectivity index (χ0n) is 12.6. The van der Waals surface area contributed by atoms with E-state index >= 15 is 0 Å². The van der Waals surface area contributed by atoms with Crippen molar-refractivity contribution in [1.29, 1.82) is 0 Å². The van der Waals surface area contributed by atoms with Crippen molar-refractivity contribution in [2.45, 2.75) is 19.8 Å². The van der Waals surface area contributed by atoms with Gasteiger partial charge in [0.15, 0.2) is 0 Å². The van der Waals surface area contributed by atoms with Crippen LogP contribution >= 0.6 is 0 Å². The molecule has 0 saturated carbocycles. The summed E-state index contributed by atoms with van der Waals surface area (Å²) < 4.78 is 0. The van der Waals surface area contributed by atoms with Crippen LogP contribution in [-0.4, -0.2) is 23.8 Å². The number of carbonyl (C=O) groups excluding carboxylic acids is 2. The molecule has 0 bridgehead atoms. The van der Waals surface area contributed by atoms with Crippen LogP contribution in [0.4, 0.5) is 11.5 Å². The Kier molecular flexibility index (Phi) is 3.63. The quantitative estimate of drug-likeness (QED) is 0.926. The molecule has 0 aliphatic carbocycles. The van der Waals surface area contributed by atoms with Gasteiger partial charge < -0.3 is 10.2 Å². The molecule has 0 unspecified atom stereocenters. The number of anilines is 2. The molecule has 112 valence electrons. The lowest BCUT2D eigenvalue weighted by Gasteiger charge is -2.26. The molecular weight excluding hydrogens is 278 g/mol. The first-order chi connectivity index (χ1) is 10.5. The van der Waals surface area contributed by atoms with Gasteiger partial charge in [-0.05, 0) is 54.8 Å². The lowest BCUT2D eigenvalue weighted by atomic mass is 9.99. The standard InChI is InChI=1S/C17H17N3O2/c1-11-7-8-18-15(9-11)19-17(22)13-3-5-14-12(10-13)4-6-16(21)20(14)2/h3,5,7-10H,4,6H2,1-2H3,(H,18,19,22). The Bertz CT molecular complexity index is 755. The molecule has 1 aromatic heterocycles. The van der Waals surface area contributed by atoms with Gasteiger partial charge in [-0.2, -0.15) is 0 Å². The number of benzene rings is 1. The fourth-order valence-corrected chi connectivity index (χ4v) is 2.59. The molecule has 0 atom stereocenters. The van der Waals surface area contributed by atoms with E-state index in [-0.39, 0.29) is 11.8 Å². The minimum atomic E-state index is -0.194. The van der Waals surface area contributed by atoms with Crippen molar-refractivity contribution < 1.29 is 9.59 Å². The van der Waals surface area contributed by atoms with E-state index in [1.54, 1.807) is 24.2 Å². The largest absolute Gasteiger partial charge is 0.315 e. The third-order valence-corrected chi connectivity index (χ3v) is 3.84. The number of rotatable bonds is 2. The van der Waals surface area contributed by atoms with E-state index < -0.39 is 0 Å². The first-order valence-corrected chi connectivity index (χ1v) is 7.18. The van der Waals surface area contributed by atoms with Crippen molar-refractivity contribution in [2.24, 2.45) is 0 Å². The van der Waals surface area contributed by atoms with E-state index in [1.807, 2.05) is 31.2 Å². The summed E-state index contributed by atoms with van der Waals surface area (Å²) in [6, 6.07) is 9.11. The van der Waals surface area contributed by atoms with E-state index in [0.717, 1.165) is 16.8 Å². The van der Waals surface area contributed by atoms with Gasteiger partial charge in [-0.3, -0.25) is 9.59 Å². The van der Waals surface area contributed by atoms with Gasteiger partial charge in [-0.15, -0.1) is 0 Å². The van der Waals surface area contributed by atoms with Crippen LogP contribution < -0.4 is 10.2 Å². The molecule has 2 amide bonds. The van der Waals surface area contributed by atoms with E-state index in [9.17, 15) is 9.59 Å². The van der Waals surface area contributed by atoms with Crippen LogP contribution in [0.5, 0.6) is 0 Å². The predicted octanol–water partition coefficient (Wildman–Crippen LogP) is 2.55. The van der Waals surface area contributed by atoms with E-state index in [0.29, 0.717) is 24.2 Å². The number of carbonyl (C=O) groups is 2. The molecule has 22 heavy (non-hydrogen) atoms. The first-order valence-electron chi connectivity index (χ1n) is 7.18. The fourth-order valence-electron chi connectivity index (χ4n) is 2.59. The van der Waals surface area contributed by atoms with Crippen molar-refractivity contribution in [1.82, 2.24) is 4.98 Å². The molecule has 1 N–H and O–H groups in total. The molecule has 0 spiro atoms. The summed E-state index contributed by atoms with van der Waals surface area (Å²) in [5.74, 6) is 0.448. The number of pyridine rings is 1. The predicted molar refractivity (Wildman–Crippen MR) is 85.1 cm³/mol. The van der Waals surface area contributed by atoms with Gasteiger partial charge in [0, 0.05) is 30.9 Å². The number of nitrogens with zero attached hydrogens (tertiary/aromatic N) is 2. The molecule has 1 aliphatic heterocycles. The highest BCUT2D eigenvalue weighted by atomic mass is 16.2. The number of nitrogens with one attached hydrogen (secondary N) is 1. The third-order valence-electron chi connectivity index (χ3n) is 3.84. The Morgan fingerprint density at radius 1 is 1.23 bits per heavy atom. The van der Waals surface area contributed by atoms with Gasteiger partial charge in [0.2, 0.25) is 5.91 Å². The van der Waals surface area contributed by atoms with Crippen molar-refractivity contribution in [2.75, 3.05) is 17.3 Å². The maximum Gasteiger partial charge on any atom is 0.256 e. The average Bonchev–Trinajstić information content (AvgIpc) is 2.50. The highest BCUT2D eigenvalue weighted by molar-refractivity contribution is 6.05. The van der Waals surface area contributed by atoms with Gasteiger partial charge >= 0.3 is 0 Å². The maximum absolute atomic E-state index is 12.3. The Labute approximate surface area is 129 Å². The van der Waals surface area contributed by atoms with Crippen LogP contribution in [0.15, 0.2) is 36.5 Å². The second kappa shape index (κ2) is 5.60. The van der Waals surface area contributed by atoms with E-state index in [2.05, 4.69) is 10.3 Å².